The summed E-state index contributed by atoms with van der Waals surface area (Å²) in [4.78, 5) is 38.3. The van der Waals surface area contributed by atoms with E-state index in [-0.39, 0.29) is 31.1 Å². The molecule has 6 heteroatoms. The van der Waals surface area contributed by atoms with Crippen LogP contribution in [0.1, 0.15) is 271 Å². The number of carbonyl (C=O) groups excluding carboxylic acids is 3. The van der Waals surface area contributed by atoms with Crippen molar-refractivity contribution in [1.82, 2.24) is 0 Å². The zero-order valence-corrected chi connectivity index (χ0v) is 46.9. The van der Waals surface area contributed by atoms with Crippen LogP contribution >= 0.6 is 0 Å². The van der Waals surface area contributed by atoms with Crippen molar-refractivity contribution < 1.29 is 28.6 Å². The standard InChI is InChI=1S/C66H110O6/c1-4-7-10-13-16-19-22-25-28-31-33-36-38-41-44-47-50-53-56-59-65(68)71-62-63(61-70-64(67)58-55-52-49-46-43-40-37-34-30-27-24-21-18-15-12-9-6-3)72-66(69)60-57-54-51-48-45-42-39-35-32-29-26-23-20-17-14-11-8-5-2/h11,14,16-23,25-27,29-30,32,35,39,63H,4-10,12-13,15,24,28,31,33-34,36-38,40-62H2,1-3H3/b14-11-,19-16-,20-17-,21-18-,25-22-,26-23-,30-27-,32-29-,39-35-. The second-order valence-corrected chi connectivity index (χ2v) is 19.7. The van der Waals surface area contributed by atoms with Gasteiger partial charge in [-0.25, -0.2) is 0 Å². The molecule has 1 unspecified atom stereocenters. The smallest absolute Gasteiger partial charge is 0.306 e. The van der Waals surface area contributed by atoms with E-state index >= 15 is 0 Å². The Labute approximate surface area is 444 Å². The van der Waals surface area contributed by atoms with Crippen molar-refractivity contribution in [2.45, 2.75) is 277 Å². The Bertz CT molecular complexity index is 1470. The fourth-order valence-corrected chi connectivity index (χ4v) is 8.08. The van der Waals surface area contributed by atoms with E-state index in [0.717, 1.165) is 96.3 Å². The van der Waals surface area contributed by atoms with Crippen LogP contribution in [0.25, 0.3) is 0 Å². The number of carbonyl (C=O) groups is 3. The van der Waals surface area contributed by atoms with Crippen molar-refractivity contribution in [3.63, 3.8) is 0 Å². The van der Waals surface area contributed by atoms with Crippen molar-refractivity contribution in [3.8, 4) is 0 Å². The number of unbranched alkanes of at least 4 members (excludes halogenated alkanes) is 29. The maximum Gasteiger partial charge on any atom is 0.306 e. The van der Waals surface area contributed by atoms with Gasteiger partial charge in [0.05, 0.1) is 0 Å². The molecular formula is C66H110O6. The first-order valence-electron chi connectivity index (χ1n) is 30.0. The van der Waals surface area contributed by atoms with Crippen molar-refractivity contribution in [2.75, 3.05) is 13.2 Å². The van der Waals surface area contributed by atoms with Gasteiger partial charge in [0.15, 0.2) is 6.10 Å². The second-order valence-electron chi connectivity index (χ2n) is 19.7. The Morgan fingerprint density at radius 1 is 0.292 bits per heavy atom. The van der Waals surface area contributed by atoms with Crippen LogP contribution in [0.3, 0.4) is 0 Å². The Kier molecular flexibility index (Phi) is 56.4. The number of rotatable bonds is 53. The van der Waals surface area contributed by atoms with Gasteiger partial charge in [-0.05, 0) is 96.3 Å². The van der Waals surface area contributed by atoms with E-state index in [4.69, 9.17) is 14.2 Å². The average Bonchev–Trinajstić information content (AvgIpc) is 3.38. The third-order valence-corrected chi connectivity index (χ3v) is 12.6. The highest BCUT2D eigenvalue weighted by molar-refractivity contribution is 5.71. The van der Waals surface area contributed by atoms with Crippen LogP contribution < -0.4 is 0 Å². The predicted octanol–water partition coefficient (Wildman–Crippen LogP) is 20.3. The highest BCUT2D eigenvalue weighted by Crippen LogP contribution is 2.15. The molecule has 0 bridgehead atoms. The van der Waals surface area contributed by atoms with Gasteiger partial charge in [-0.1, -0.05) is 265 Å². The first-order valence-corrected chi connectivity index (χ1v) is 30.0. The van der Waals surface area contributed by atoms with E-state index in [2.05, 4.69) is 106 Å². The predicted molar refractivity (Wildman–Crippen MR) is 311 cm³/mol. The van der Waals surface area contributed by atoms with E-state index in [1.807, 2.05) is 24.3 Å². The van der Waals surface area contributed by atoms with E-state index in [1.54, 1.807) is 0 Å². The third-order valence-electron chi connectivity index (χ3n) is 12.6. The molecule has 0 aliphatic rings. The topological polar surface area (TPSA) is 78.9 Å². The molecule has 0 aliphatic carbocycles. The van der Waals surface area contributed by atoms with E-state index in [9.17, 15) is 14.4 Å². The summed E-state index contributed by atoms with van der Waals surface area (Å²) in [6.07, 6.45) is 80.6. The lowest BCUT2D eigenvalue weighted by Crippen LogP contribution is -2.30. The molecule has 0 saturated heterocycles. The maximum absolute atomic E-state index is 12.9. The molecule has 1 atom stereocenters. The fraction of sp³-hybridized carbons (Fsp3) is 0.682. The van der Waals surface area contributed by atoms with Crippen molar-refractivity contribution >= 4 is 17.9 Å². The summed E-state index contributed by atoms with van der Waals surface area (Å²) in [6, 6.07) is 0. The molecule has 0 fully saturated rings. The first-order chi connectivity index (χ1) is 35.5. The van der Waals surface area contributed by atoms with Crippen LogP contribution in [0.15, 0.2) is 109 Å². The summed E-state index contributed by atoms with van der Waals surface area (Å²) in [7, 11) is 0. The molecule has 0 aromatic heterocycles. The van der Waals surface area contributed by atoms with Gasteiger partial charge in [-0.15, -0.1) is 0 Å². The van der Waals surface area contributed by atoms with Crippen LogP contribution in [0.5, 0.6) is 0 Å². The van der Waals surface area contributed by atoms with E-state index in [1.165, 1.54) is 135 Å². The van der Waals surface area contributed by atoms with Gasteiger partial charge in [0, 0.05) is 19.3 Å². The van der Waals surface area contributed by atoms with Gasteiger partial charge in [0.2, 0.25) is 0 Å². The van der Waals surface area contributed by atoms with Crippen molar-refractivity contribution in [2.24, 2.45) is 0 Å². The van der Waals surface area contributed by atoms with Gasteiger partial charge in [-0.3, -0.25) is 14.4 Å². The second kappa shape index (κ2) is 59.6. The van der Waals surface area contributed by atoms with Crippen LogP contribution in [0.2, 0.25) is 0 Å². The van der Waals surface area contributed by atoms with E-state index < -0.39 is 6.10 Å². The Hall–Kier alpha value is -3.93. The number of allylic oxidation sites excluding steroid dienone is 18. The molecule has 0 heterocycles. The minimum atomic E-state index is -0.800. The zero-order valence-electron chi connectivity index (χ0n) is 46.9. The number of hydrogen-bond donors (Lipinski definition) is 0. The number of esters is 3. The summed E-state index contributed by atoms with van der Waals surface area (Å²) in [5.41, 5.74) is 0. The molecule has 0 saturated carbocycles. The molecule has 0 N–H and O–H groups in total. The number of hydrogen-bond acceptors (Lipinski definition) is 6. The molecule has 0 amide bonds. The number of ether oxygens (including phenoxy) is 3. The molecule has 0 aromatic rings. The molecule has 6 nitrogen and oxygen atoms in total. The summed E-state index contributed by atoms with van der Waals surface area (Å²) in [5.74, 6) is -0.927. The Morgan fingerprint density at radius 3 is 0.958 bits per heavy atom. The summed E-state index contributed by atoms with van der Waals surface area (Å²) >= 11 is 0. The Morgan fingerprint density at radius 2 is 0.583 bits per heavy atom. The molecule has 410 valence electrons. The molecule has 0 aliphatic heterocycles. The molecular weight excluding hydrogens is 889 g/mol. The summed E-state index contributed by atoms with van der Waals surface area (Å²) in [5, 5.41) is 0. The quantitative estimate of drug-likeness (QED) is 0.0199. The lowest BCUT2D eigenvalue weighted by molar-refractivity contribution is -0.167. The highest BCUT2D eigenvalue weighted by Gasteiger charge is 2.19. The minimum Gasteiger partial charge on any atom is -0.462 e. The summed E-state index contributed by atoms with van der Waals surface area (Å²) < 4.78 is 16.9. The monoisotopic (exact) mass is 999 g/mol. The molecule has 0 aromatic carbocycles. The van der Waals surface area contributed by atoms with Crippen molar-refractivity contribution in [1.29, 1.82) is 0 Å². The van der Waals surface area contributed by atoms with Crippen LogP contribution in [0, 0.1) is 0 Å². The van der Waals surface area contributed by atoms with Crippen LogP contribution in [0.4, 0.5) is 0 Å². The third kappa shape index (κ3) is 57.0. The van der Waals surface area contributed by atoms with E-state index in [0.29, 0.717) is 19.3 Å². The molecule has 72 heavy (non-hydrogen) atoms. The first kappa shape index (κ1) is 68.1. The van der Waals surface area contributed by atoms with Gasteiger partial charge in [-0.2, -0.15) is 0 Å². The lowest BCUT2D eigenvalue weighted by Gasteiger charge is -2.18. The SMILES string of the molecule is CCC\C=C/C=C\C=C/C=C\C=C/CCCCCCCC(=O)OC(COC(=O)CCCCCCCCC/C=C\C/C=C\CCCCC)COC(=O)CCCCCCCCCCCC/C=C\C=C/CCCCC. The van der Waals surface area contributed by atoms with Gasteiger partial charge in [0.25, 0.3) is 0 Å². The lowest BCUT2D eigenvalue weighted by atomic mass is 10.1. The molecule has 0 spiro atoms. The largest absolute Gasteiger partial charge is 0.462 e. The average molecular weight is 1000 g/mol. The van der Waals surface area contributed by atoms with Crippen LogP contribution in [-0.4, -0.2) is 37.2 Å². The molecule has 0 radical (unpaired) electrons. The maximum atomic E-state index is 12.9. The Balaban J connectivity index is 4.47. The van der Waals surface area contributed by atoms with Gasteiger partial charge < -0.3 is 14.2 Å². The normalized spacial score (nSPS) is 12.9. The minimum absolute atomic E-state index is 0.0942. The molecule has 0 rings (SSSR count). The fourth-order valence-electron chi connectivity index (χ4n) is 8.08. The zero-order chi connectivity index (χ0) is 52.2. The van der Waals surface area contributed by atoms with Gasteiger partial charge in [0.1, 0.15) is 13.2 Å². The van der Waals surface area contributed by atoms with Gasteiger partial charge >= 0.3 is 17.9 Å². The van der Waals surface area contributed by atoms with Crippen LogP contribution in [-0.2, 0) is 28.6 Å². The summed E-state index contributed by atoms with van der Waals surface area (Å²) in [6.45, 7) is 6.48. The van der Waals surface area contributed by atoms with Crippen molar-refractivity contribution in [3.05, 3.63) is 109 Å². The highest BCUT2D eigenvalue weighted by atomic mass is 16.6.